The molecule has 2 heteroatoms. The van der Waals surface area contributed by atoms with E-state index in [1.54, 1.807) is 4.50 Å². The van der Waals surface area contributed by atoms with Gasteiger partial charge in [0.1, 0.15) is 0 Å². The van der Waals surface area contributed by atoms with E-state index in [2.05, 4.69) is 71.9 Å². The Hall–Kier alpha value is -0.603. The van der Waals surface area contributed by atoms with Gasteiger partial charge < -0.3 is 0 Å². The van der Waals surface area contributed by atoms with Gasteiger partial charge in [0, 0.05) is 4.70 Å². The molecule has 0 atom stereocenters. The Bertz CT molecular complexity index is 493. The van der Waals surface area contributed by atoms with Crippen molar-refractivity contribution >= 4 is 34.7 Å². The van der Waals surface area contributed by atoms with Gasteiger partial charge in [0.2, 0.25) is 0 Å². The van der Waals surface area contributed by atoms with Gasteiger partial charge in [-0.15, -0.1) is 11.3 Å². The van der Waals surface area contributed by atoms with E-state index in [-0.39, 0.29) is 0 Å². The first-order valence-corrected chi connectivity index (χ1v) is 9.23. The van der Waals surface area contributed by atoms with Crippen LogP contribution in [0, 0.1) is 0 Å². The summed E-state index contributed by atoms with van der Waals surface area (Å²) in [6, 6.07) is 11.2. The minimum Gasteiger partial charge on any atom is -0.145 e. The largest absolute Gasteiger partial charge is 0.145 e. The summed E-state index contributed by atoms with van der Waals surface area (Å²) in [6.45, 7) is 14.5. The molecule has 0 spiro atoms. The van der Waals surface area contributed by atoms with Crippen molar-refractivity contribution < 1.29 is 0 Å². The average molecular weight is 277 g/mol. The maximum Gasteiger partial charge on any atom is 0.0943 e. The van der Waals surface area contributed by atoms with Crippen LogP contribution in [-0.2, 0) is 0 Å². The molecule has 0 bridgehead atoms. The Morgan fingerprint density at radius 1 is 0.889 bits per heavy atom. The number of hydrogen-bond donors (Lipinski definition) is 0. The molecule has 0 aliphatic heterocycles. The second-order valence-corrected chi connectivity index (χ2v) is 13.8. The minimum atomic E-state index is -1.03. The monoisotopic (exact) mass is 276 g/mol. The highest BCUT2D eigenvalue weighted by Crippen LogP contribution is 2.42. The summed E-state index contributed by atoms with van der Waals surface area (Å²) in [5.41, 5.74) is 0. The van der Waals surface area contributed by atoms with Crippen molar-refractivity contribution in [2.45, 2.75) is 51.6 Å². The first kappa shape index (κ1) is 13.8. The Labute approximate surface area is 117 Å². The molecule has 0 N–H and O–H groups in total. The molecule has 1 aromatic heterocycles. The molecule has 98 valence electrons. The molecule has 18 heavy (non-hydrogen) atoms. The van der Waals surface area contributed by atoms with E-state index in [4.69, 9.17) is 0 Å². The molecule has 0 saturated carbocycles. The highest BCUT2D eigenvalue weighted by molar-refractivity contribution is 7.29. The van der Waals surface area contributed by atoms with Gasteiger partial charge in [-0.1, -0.05) is 59.7 Å². The highest BCUT2D eigenvalue weighted by atomic mass is 32.1. The second-order valence-electron chi connectivity index (χ2n) is 7.35. The molecule has 0 amide bonds. The smallest absolute Gasteiger partial charge is 0.0943 e. The topological polar surface area (TPSA) is 0 Å². The van der Waals surface area contributed by atoms with Gasteiger partial charge in [-0.05, 0) is 32.1 Å². The van der Waals surface area contributed by atoms with Crippen molar-refractivity contribution in [3.8, 4) is 0 Å². The molecular weight excluding hydrogens is 252 g/mol. The molecule has 0 unspecified atom stereocenters. The third kappa shape index (κ3) is 2.70. The van der Waals surface area contributed by atoms with Crippen molar-refractivity contribution in [3.63, 3.8) is 0 Å². The van der Waals surface area contributed by atoms with Crippen molar-refractivity contribution in [1.29, 1.82) is 0 Å². The molecule has 0 fully saturated rings. The van der Waals surface area contributed by atoms with Crippen LogP contribution in [-0.4, -0.2) is 8.80 Å². The number of hydrogen-bond acceptors (Lipinski definition) is 1. The summed E-state index contributed by atoms with van der Waals surface area (Å²) in [4.78, 5) is 0. The first-order valence-electron chi connectivity index (χ1n) is 6.68. The second kappa shape index (κ2) is 4.50. The maximum absolute atomic E-state index is 2.45. The third-order valence-corrected chi connectivity index (χ3v) is 9.67. The van der Waals surface area contributed by atoms with E-state index in [1.807, 2.05) is 11.3 Å². The summed E-state index contributed by atoms with van der Waals surface area (Å²) < 4.78 is 3.11. The molecule has 0 saturated heterocycles. The van der Waals surface area contributed by atoms with E-state index in [0.717, 1.165) is 0 Å². The van der Waals surface area contributed by atoms with Crippen LogP contribution in [0.5, 0.6) is 0 Å². The van der Waals surface area contributed by atoms with Gasteiger partial charge >= 0.3 is 0 Å². The number of benzene rings is 1. The lowest BCUT2D eigenvalue weighted by Gasteiger charge is -2.38. The van der Waals surface area contributed by atoms with Crippen LogP contribution in [0.4, 0.5) is 0 Å². The Morgan fingerprint density at radius 3 is 1.94 bits per heavy atom. The van der Waals surface area contributed by atoms with Crippen LogP contribution in [0.3, 0.4) is 0 Å². The van der Waals surface area contributed by atoms with Crippen molar-refractivity contribution in [1.82, 2.24) is 0 Å². The van der Waals surface area contributed by atoms with Crippen LogP contribution < -0.4 is 4.50 Å². The quantitative estimate of drug-likeness (QED) is 0.647. The fourth-order valence-corrected chi connectivity index (χ4v) is 11.8. The van der Waals surface area contributed by atoms with Crippen LogP contribution in [0.15, 0.2) is 30.3 Å². The van der Waals surface area contributed by atoms with E-state index >= 15 is 0 Å². The van der Waals surface area contributed by atoms with Crippen molar-refractivity contribution in [2.75, 3.05) is 0 Å². The summed E-state index contributed by atoms with van der Waals surface area (Å²) in [5, 5.41) is 2.28. The Morgan fingerprint density at radius 2 is 1.44 bits per heavy atom. The summed E-state index contributed by atoms with van der Waals surface area (Å²) in [5.74, 6) is 0. The van der Waals surface area contributed by atoms with Crippen LogP contribution >= 0.6 is 11.3 Å². The van der Waals surface area contributed by atoms with Gasteiger partial charge in [-0.3, -0.25) is 0 Å². The molecule has 2 rings (SSSR count). The molecule has 1 aromatic carbocycles. The third-order valence-electron chi connectivity index (χ3n) is 3.46. The van der Waals surface area contributed by atoms with E-state index in [0.29, 0.717) is 10.1 Å². The maximum atomic E-state index is 2.45. The molecule has 0 nitrogen and oxygen atoms in total. The standard InChI is InChI=1S/C16H24SSi/c1-15(2,3)18(16(4,5)6)14-11-12-9-7-8-10-13(12)17-14/h7-11,18H,1-6H3. The molecular formula is C16H24SSi. The summed E-state index contributed by atoms with van der Waals surface area (Å²) in [7, 11) is -1.03. The van der Waals surface area contributed by atoms with Crippen LogP contribution in [0.2, 0.25) is 10.1 Å². The Kier molecular flexibility index (Phi) is 3.45. The number of thiophene rings is 1. The Balaban J connectivity index is 2.55. The number of rotatable bonds is 1. The SMILES string of the molecule is CC(C)(C)[SiH](c1cc2ccccc2s1)C(C)(C)C. The zero-order valence-corrected chi connectivity index (χ0v) is 14.3. The van der Waals surface area contributed by atoms with E-state index in [1.165, 1.54) is 10.1 Å². The van der Waals surface area contributed by atoms with Gasteiger partial charge in [-0.25, -0.2) is 0 Å². The lowest BCUT2D eigenvalue weighted by molar-refractivity contribution is 0.654. The normalized spacial score (nSPS) is 13.5. The lowest BCUT2D eigenvalue weighted by atomic mass is 10.2. The summed E-state index contributed by atoms with van der Waals surface area (Å²) in [6.07, 6.45) is 0. The zero-order chi connectivity index (χ0) is 13.6. The van der Waals surface area contributed by atoms with Gasteiger partial charge in [0.05, 0.1) is 8.80 Å². The minimum absolute atomic E-state index is 0.430. The molecule has 2 aromatic rings. The molecule has 1 heterocycles. The van der Waals surface area contributed by atoms with Crippen LogP contribution in [0.1, 0.15) is 41.5 Å². The van der Waals surface area contributed by atoms with E-state index in [9.17, 15) is 0 Å². The van der Waals surface area contributed by atoms with Gasteiger partial charge in [-0.2, -0.15) is 0 Å². The van der Waals surface area contributed by atoms with E-state index < -0.39 is 8.80 Å². The van der Waals surface area contributed by atoms with Crippen molar-refractivity contribution in [3.05, 3.63) is 30.3 Å². The molecule has 0 aliphatic carbocycles. The summed E-state index contributed by atoms with van der Waals surface area (Å²) >= 11 is 2.02. The molecule has 0 radical (unpaired) electrons. The highest BCUT2D eigenvalue weighted by Gasteiger charge is 2.38. The number of fused-ring (bicyclic) bond motifs is 1. The van der Waals surface area contributed by atoms with Gasteiger partial charge in [0.15, 0.2) is 0 Å². The fraction of sp³-hybridized carbons (Fsp3) is 0.500. The fourth-order valence-electron chi connectivity index (χ4n) is 3.30. The van der Waals surface area contributed by atoms with Gasteiger partial charge in [0.25, 0.3) is 0 Å². The predicted molar refractivity (Wildman–Crippen MR) is 88.0 cm³/mol. The first-order chi connectivity index (χ1) is 8.19. The van der Waals surface area contributed by atoms with Crippen molar-refractivity contribution in [2.24, 2.45) is 0 Å². The molecule has 0 aliphatic rings. The lowest BCUT2D eigenvalue weighted by Crippen LogP contribution is -2.44. The van der Waals surface area contributed by atoms with Crippen LogP contribution in [0.25, 0.3) is 10.1 Å². The average Bonchev–Trinajstić information content (AvgIpc) is 2.54. The zero-order valence-electron chi connectivity index (χ0n) is 12.4. The predicted octanol–water partition coefficient (Wildman–Crippen LogP) is 4.94.